The molecule has 0 saturated heterocycles. The van der Waals surface area contributed by atoms with Gasteiger partial charge in [0.05, 0.1) is 15.9 Å². The fourth-order valence-electron chi connectivity index (χ4n) is 1.83. The van der Waals surface area contributed by atoms with Crippen molar-refractivity contribution in [3.63, 3.8) is 0 Å². The molecule has 1 rings (SSSR count). The molecule has 0 amide bonds. The van der Waals surface area contributed by atoms with Gasteiger partial charge in [-0.1, -0.05) is 27.2 Å². The zero-order chi connectivity index (χ0) is 16.7. The Bertz CT molecular complexity index is 586. The van der Waals surface area contributed by atoms with E-state index in [4.69, 9.17) is 0 Å². The van der Waals surface area contributed by atoms with E-state index in [2.05, 4.69) is 24.4 Å². The van der Waals surface area contributed by atoms with E-state index in [0.717, 1.165) is 31.0 Å². The number of nitrogens with one attached hydrogen (secondary N) is 1. The molecule has 0 aromatic heterocycles. The van der Waals surface area contributed by atoms with Crippen molar-refractivity contribution in [1.29, 1.82) is 0 Å². The molecule has 0 aliphatic heterocycles. The van der Waals surface area contributed by atoms with Gasteiger partial charge in [-0.15, -0.1) is 0 Å². The molecule has 120 valence electrons. The highest BCUT2D eigenvalue weighted by atomic mass is 16.6. The lowest BCUT2D eigenvalue weighted by molar-refractivity contribution is -0.393. The second kappa shape index (κ2) is 8.06. The maximum atomic E-state index is 11.0. The third kappa shape index (κ3) is 4.80. The van der Waals surface area contributed by atoms with Crippen molar-refractivity contribution in [2.24, 2.45) is 11.0 Å². The minimum Gasteiger partial charge on any atom is -0.272 e. The molecular weight excluding hydrogens is 288 g/mol. The van der Waals surface area contributed by atoms with E-state index >= 15 is 0 Å². The van der Waals surface area contributed by atoms with Gasteiger partial charge < -0.3 is 0 Å². The van der Waals surface area contributed by atoms with Crippen LogP contribution in [0.3, 0.4) is 0 Å². The summed E-state index contributed by atoms with van der Waals surface area (Å²) >= 11 is 0. The minimum atomic E-state index is -0.666. The van der Waals surface area contributed by atoms with E-state index in [1.807, 2.05) is 6.92 Å². The second-order valence-corrected chi connectivity index (χ2v) is 5.08. The summed E-state index contributed by atoms with van der Waals surface area (Å²) in [6.07, 6.45) is 2.57. The monoisotopic (exact) mass is 308 g/mol. The molecule has 1 aromatic carbocycles. The van der Waals surface area contributed by atoms with Gasteiger partial charge in [0.25, 0.3) is 5.69 Å². The van der Waals surface area contributed by atoms with Crippen LogP contribution in [0.1, 0.15) is 40.0 Å². The Hall–Kier alpha value is -2.51. The van der Waals surface area contributed by atoms with Gasteiger partial charge in [-0.05, 0) is 24.8 Å². The number of non-ortho nitro benzene ring substituents is 1. The summed E-state index contributed by atoms with van der Waals surface area (Å²) in [4.78, 5) is 20.4. The van der Waals surface area contributed by atoms with Crippen molar-refractivity contribution >= 4 is 22.8 Å². The fraction of sp³-hybridized carbons (Fsp3) is 0.500. The van der Waals surface area contributed by atoms with Gasteiger partial charge >= 0.3 is 5.69 Å². The summed E-state index contributed by atoms with van der Waals surface area (Å²) in [6, 6.07) is 3.44. The highest BCUT2D eigenvalue weighted by molar-refractivity contribution is 5.85. The lowest BCUT2D eigenvalue weighted by Gasteiger charge is -2.10. The van der Waals surface area contributed by atoms with Crippen molar-refractivity contribution in [1.82, 2.24) is 0 Å². The number of nitro benzene ring substituents is 2. The molecule has 0 aliphatic rings. The summed E-state index contributed by atoms with van der Waals surface area (Å²) in [5.41, 5.74) is 3.03. The predicted octanol–water partition coefficient (Wildman–Crippen LogP) is 4.12. The first-order valence-corrected chi connectivity index (χ1v) is 7.13. The normalized spacial score (nSPS) is 12.8. The number of rotatable bonds is 8. The Kier molecular flexibility index (Phi) is 6.43. The van der Waals surface area contributed by atoms with Gasteiger partial charge in [-0.3, -0.25) is 25.7 Å². The van der Waals surface area contributed by atoms with Gasteiger partial charge in [0.1, 0.15) is 5.69 Å². The fourth-order valence-corrected chi connectivity index (χ4v) is 1.83. The molecule has 0 unspecified atom stereocenters. The Morgan fingerprint density at radius 3 is 2.45 bits per heavy atom. The zero-order valence-electron chi connectivity index (χ0n) is 12.9. The average Bonchev–Trinajstić information content (AvgIpc) is 2.50. The molecule has 0 spiro atoms. The third-order valence-corrected chi connectivity index (χ3v) is 3.41. The number of anilines is 1. The van der Waals surface area contributed by atoms with Crippen molar-refractivity contribution in [2.75, 3.05) is 5.43 Å². The Morgan fingerprint density at radius 2 is 1.95 bits per heavy atom. The molecule has 0 saturated carbocycles. The number of hydrogen-bond donors (Lipinski definition) is 1. The summed E-state index contributed by atoms with van der Waals surface area (Å²) in [5.74, 6) is 0.479. The lowest BCUT2D eigenvalue weighted by atomic mass is 10.0. The van der Waals surface area contributed by atoms with Crippen LogP contribution in [-0.4, -0.2) is 15.6 Å². The van der Waals surface area contributed by atoms with Crippen LogP contribution in [0, 0.1) is 26.1 Å². The molecule has 22 heavy (non-hydrogen) atoms. The van der Waals surface area contributed by atoms with Crippen molar-refractivity contribution in [3.05, 3.63) is 38.4 Å². The van der Waals surface area contributed by atoms with E-state index in [1.54, 1.807) is 0 Å². The molecule has 0 fully saturated rings. The van der Waals surface area contributed by atoms with Gasteiger partial charge in [-0.2, -0.15) is 5.10 Å². The van der Waals surface area contributed by atoms with E-state index in [9.17, 15) is 20.2 Å². The summed E-state index contributed by atoms with van der Waals surface area (Å²) < 4.78 is 0. The number of hydrazone groups is 1. The van der Waals surface area contributed by atoms with Crippen molar-refractivity contribution in [3.8, 4) is 0 Å². The molecule has 1 atom stereocenters. The summed E-state index contributed by atoms with van der Waals surface area (Å²) in [5, 5.41) is 25.9. The van der Waals surface area contributed by atoms with Crippen LogP contribution in [0.25, 0.3) is 0 Å². The van der Waals surface area contributed by atoms with E-state index in [-0.39, 0.29) is 17.1 Å². The largest absolute Gasteiger partial charge is 0.301 e. The first-order valence-electron chi connectivity index (χ1n) is 7.13. The maximum Gasteiger partial charge on any atom is 0.301 e. The Labute approximate surface area is 128 Å². The predicted molar refractivity (Wildman–Crippen MR) is 85.2 cm³/mol. The van der Waals surface area contributed by atoms with Crippen LogP contribution in [0.2, 0.25) is 0 Å². The smallest absolute Gasteiger partial charge is 0.272 e. The average molecular weight is 308 g/mol. The van der Waals surface area contributed by atoms with Crippen molar-refractivity contribution in [2.45, 2.75) is 40.0 Å². The number of nitrogens with zero attached hydrogens (tertiary/aromatic N) is 3. The van der Waals surface area contributed by atoms with Crippen LogP contribution in [0.15, 0.2) is 23.3 Å². The molecular formula is C14H20N4O4. The lowest BCUT2D eigenvalue weighted by Crippen LogP contribution is -2.07. The zero-order valence-corrected chi connectivity index (χ0v) is 12.9. The van der Waals surface area contributed by atoms with Gasteiger partial charge in [0.15, 0.2) is 0 Å². The van der Waals surface area contributed by atoms with Gasteiger partial charge in [0, 0.05) is 11.8 Å². The maximum absolute atomic E-state index is 11.0. The summed E-state index contributed by atoms with van der Waals surface area (Å²) in [6.45, 7) is 6.17. The molecule has 0 aliphatic carbocycles. The number of nitro groups is 2. The third-order valence-electron chi connectivity index (χ3n) is 3.41. The first-order chi connectivity index (χ1) is 10.4. The minimum absolute atomic E-state index is 0.144. The molecule has 8 heteroatoms. The van der Waals surface area contributed by atoms with E-state index in [1.165, 1.54) is 12.1 Å². The van der Waals surface area contributed by atoms with E-state index < -0.39 is 9.85 Å². The summed E-state index contributed by atoms with van der Waals surface area (Å²) in [7, 11) is 0. The molecule has 0 bridgehead atoms. The first kappa shape index (κ1) is 17.5. The Morgan fingerprint density at radius 1 is 1.27 bits per heavy atom. The van der Waals surface area contributed by atoms with E-state index in [0.29, 0.717) is 5.92 Å². The van der Waals surface area contributed by atoms with Crippen molar-refractivity contribution < 1.29 is 9.85 Å². The molecule has 8 nitrogen and oxygen atoms in total. The second-order valence-electron chi connectivity index (χ2n) is 5.08. The Balaban J connectivity index is 3.01. The van der Waals surface area contributed by atoms with Crippen LogP contribution in [-0.2, 0) is 0 Å². The topological polar surface area (TPSA) is 111 Å². The molecule has 1 aromatic rings. The molecule has 0 heterocycles. The van der Waals surface area contributed by atoms with Crippen LogP contribution in [0.5, 0.6) is 0 Å². The highest BCUT2D eigenvalue weighted by Crippen LogP contribution is 2.29. The quantitative estimate of drug-likeness (QED) is 0.441. The standard InChI is InChI=1S/C14H20N4O4/c1-4-10(3)8-11(5-2)15-16-13-7-6-12(17(19)20)9-14(13)18(21)22/h6-7,9-10,16H,4-5,8H2,1-3H3/t10-/m0/s1. The van der Waals surface area contributed by atoms with Crippen LogP contribution in [0.4, 0.5) is 17.1 Å². The van der Waals surface area contributed by atoms with Crippen LogP contribution < -0.4 is 5.43 Å². The number of hydrogen-bond acceptors (Lipinski definition) is 6. The SMILES string of the molecule is CCC(C[C@@H](C)CC)=NNc1ccc([N+](=O)[O-])cc1[N+](=O)[O-]. The van der Waals surface area contributed by atoms with Gasteiger partial charge in [0.2, 0.25) is 0 Å². The number of benzene rings is 1. The molecule has 1 N–H and O–H groups in total. The van der Waals surface area contributed by atoms with Crippen LogP contribution >= 0.6 is 0 Å². The van der Waals surface area contributed by atoms with Gasteiger partial charge in [-0.25, -0.2) is 0 Å². The highest BCUT2D eigenvalue weighted by Gasteiger charge is 2.19. The molecule has 0 radical (unpaired) electrons.